The first-order chi connectivity index (χ1) is 9.17. The minimum absolute atomic E-state index is 0.639. The highest BCUT2D eigenvalue weighted by molar-refractivity contribution is 5.75. The van der Waals surface area contributed by atoms with Gasteiger partial charge < -0.3 is 4.90 Å². The van der Waals surface area contributed by atoms with Gasteiger partial charge >= 0.3 is 0 Å². The molecular formula is C17H24N2. The lowest BCUT2D eigenvalue weighted by atomic mass is 10.0. The zero-order chi connectivity index (χ0) is 13.8. The molecule has 0 radical (unpaired) electrons. The van der Waals surface area contributed by atoms with Crippen LogP contribution >= 0.6 is 0 Å². The summed E-state index contributed by atoms with van der Waals surface area (Å²) >= 11 is 0. The SMILES string of the molecule is C=Cc1cccc(N2CCN(C(C)C)CC2)c1C=C. The van der Waals surface area contributed by atoms with Crippen molar-refractivity contribution in [2.45, 2.75) is 19.9 Å². The summed E-state index contributed by atoms with van der Waals surface area (Å²) in [5.41, 5.74) is 3.66. The molecule has 0 unspecified atom stereocenters. The fraction of sp³-hybridized carbons (Fsp3) is 0.412. The number of benzene rings is 1. The molecule has 0 saturated carbocycles. The average Bonchev–Trinajstić information content (AvgIpc) is 2.46. The maximum absolute atomic E-state index is 3.95. The summed E-state index contributed by atoms with van der Waals surface area (Å²) in [6.45, 7) is 16.8. The predicted octanol–water partition coefficient (Wildman–Crippen LogP) is 3.50. The molecule has 2 rings (SSSR count). The maximum atomic E-state index is 3.95. The molecule has 2 heteroatoms. The van der Waals surface area contributed by atoms with Gasteiger partial charge in [0, 0.05) is 43.5 Å². The quantitative estimate of drug-likeness (QED) is 0.813. The van der Waals surface area contributed by atoms with Crippen molar-refractivity contribution in [1.82, 2.24) is 4.90 Å². The molecule has 2 nitrogen and oxygen atoms in total. The van der Waals surface area contributed by atoms with Crippen LogP contribution in [-0.2, 0) is 0 Å². The van der Waals surface area contributed by atoms with Gasteiger partial charge in [-0.2, -0.15) is 0 Å². The van der Waals surface area contributed by atoms with Crippen LogP contribution in [0, 0.1) is 0 Å². The van der Waals surface area contributed by atoms with Crippen molar-refractivity contribution in [2.24, 2.45) is 0 Å². The van der Waals surface area contributed by atoms with E-state index in [0.717, 1.165) is 26.2 Å². The highest BCUT2D eigenvalue weighted by Crippen LogP contribution is 2.27. The van der Waals surface area contributed by atoms with E-state index in [0.29, 0.717) is 6.04 Å². The largest absolute Gasteiger partial charge is 0.368 e. The molecule has 0 N–H and O–H groups in total. The van der Waals surface area contributed by atoms with Gasteiger partial charge in [-0.05, 0) is 25.5 Å². The maximum Gasteiger partial charge on any atom is 0.0446 e. The number of anilines is 1. The van der Waals surface area contributed by atoms with Gasteiger partial charge in [-0.3, -0.25) is 4.90 Å². The molecule has 0 aromatic heterocycles. The molecule has 1 fully saturated rings. The summed E-state index contributed by atoms with van der Waals surface area (Å²) in [4.78, 5) is 4.99. The summed E-state index contributed by atoms with van der Waals surface area (Å²) in [6.07, 6.45) is 3.85. The Kier molecular flexibility index (Phi) is 4.43. The molecule has 1 aliphatic rings. The Morgan fingerprint density at radius 2 is 1.74 bits per heavy atom. The van der Waals surface area contributed by atoms with E-state index < -0.39 is 0 Å². The third-order valence-electron chi connectivity index (χ3n) is 3.93. The van der Waals surface area contributed by atoms with Crippen molar-refractivity contribution in [3.8, 4) is 0 Å². The lowest BCUT2D eigenvalue weighted by Crippen LogP contribution is -2.49. The summed E-state index contributed by atoms with van der Waals surface area (Å²) in [5.74, 6) is 0. The molecule has 1 saturated heterocycles. The van der Waals surface area contributed by atoms with Crippen LogP contribution in [-0.4, -0.2) is 37.1 Å². The van der Waals surface area contributed by atoms with E-state index in [4.69, 9.17) is 0 Å². The van der Waals surface area contributed by atoms with Crippen LogP contribution in [0.4, 0.5) is 5.69 Å². The van der Waals surface area contributed by atoms with Crippen LogP contribution < -0.4 is 4.90 Å². The number of rotatable bonds is 4. The second-order valence-electron chi connectivity index (χ2n) is 5.31. The molecular weight excluding hydrogens is 232 g/mol. The van der Waals surface area contributed by atoms with Crippen LogP contribution in [0.25, 0.3) is 12.2 Å². The van der Waals surface area contributed by atoms with E-state index in [-0.39, 0.29) is 0 Å². The Hall–Kier alpha value is -1.54. The first-order valence-corrected chi connectivity index (χ1v) is 7.04. The van der Waals surface area contributed by atoms with E-state index in [1.165, 1.54) is 16.8 Å². The smallest absolute Gasteiger partial charge is 0.0446 e. The fourth-order valence-corrected chi connectivity index (χ4v) is 2.73. The van der Waals surface area contributed by atoms with Gasteiger partial charge in [0.25, 0.3) is 0 Å². The van der Waals surface area contributed by atoms with Crippen molar-refractivity contribution < 1.29 is 0 Å². The van der Waals surface area contributed by atoms with Gasteiger partial charge in [0.15, 0.2) is 0 Å². The van der Waals surface area contributed by atoms with Crippen molar-refractivity contribution in [3.63, 3.8) is 0 Å². The van der Waals surface area contributed by atoms with E-state index in [2.05, 4.69) is 55.0 Å². The second-order valence-corrected chi connectivity index (χ2v) is 5.31. The monoisotopic (exact) mass is 256 g/mol. The normalized spacial score (nSPS) is 16.7. The van der Waals surface area contributed by atoms with Crippen LogP contribution in [0.15, 0.2) is 31.4 Å². The van der Waals surface area contributed by atoms with Crippen LogP contribution in [0.5, 0.6) is 0 Å². The molecule has 1 aromatic rings. The summed E-state index contributed by atoms with van der Waals surface area (Å²) in [7, 11) is 0. The third-order valence-corrected chi connectivity index (χ3v) is 3.93. The van der Waals surface area contributed by atoms with Crippen molar-refractivity contribution in [3.05, 3.63) is 42.5 Å². The van der Waals surface area contributed by atoms with Crippen molar-refractivity contribution in [1.29, 1.82) is 0 Å². The summed E-state index contributed by atoms with van der Waals surface area (Å²) in [6, 6.07) is 7.03. The Morgan fingerprint density at radius 1 is 1.05 bits per heavy atom. The molecule has 0 bridgehead atoms. The second kappa shape index (κ2) is 6.07. The van der Waals surface area contributed by atoms with Crippen molar-refractivity contribution in [2.75, 3.05) is 31.1 Å². The molecule has 0 atom stereocenters. The Morgan fingerprint density at radius 3 is 2.26 bits per heavy atom. The molecule has 1 heterocycles. The van der Waals surface area contributed by atoms with E-state index in [1.807, 2.05) is 12.2 Å². The molecule has 0 amide bonds. The lowest BCUT2D eigenvalue weighted by Gasteiger charge is -2.38. The number of hydrogen-bond donors (Lipinski definition) is 0. The average molecular weight is 256 g/mol. The first kappa shape index (κ1) is 13.9. The molecule has 1 aromatic carbocycles. The molecule has 19 heavy (non-hydrogen) atoms. The summed E-state index contributed by atoms with van der Waals surface area (Å²) < 4.78 is 0. The standard InChI is InChI=1S/C17H24N2/c1-5-15-8-7-9-17(16(15)6-2)19-12-10-18(11-13-19)14(3)4/h5-9,14H,1-2,10-13H2,3-4H3. The van der Waals surface area contributed by atoms with Gasteiger partial charge in [0.1, 0.15) is 0 Å². The third kappa shape index (κ3) is 2.90. The fourth-order valence-electron chi connectivity index (χ4n) is 2.73. The van der Waals surface area contributed by atoms with Crippen LogP contribution in [0.2, 0.25) is 0 Å². The van der Waals surface area contributed by atoms with Crippen LogP contribution in [0.3, 0.4) is 0 Å². The number of nitrogens with zero attached hydrogens (tertiary/aromatic N) is 2. The number of hydrogen-bond acceptors (Lipinski definition) is 2. The predicted molar refractivity (Wildman–Crippen MR) is 85.5 cm³/mol. The van der Waals surface area contributed by atoms with E-state index in [9.17, 15) is 0 Å². The Bertz CT molecular complexity index is 454. The molecule has 1 aliphatic heterocycles. The minimum atomic E-state index is 0.639. The highest BCUT2D eigenvalue weighted by Gasteiger charge is 2.20. The Balaban J connectivity index is 2.20. The van der Waals surface area contributed by atoms with Gasteiger partial charge in [-0.1, -0.05) is 37.4 Å². The molecule has 0 spiro atoms. The van der Waals surface area contributed by atoms with E-state index >= 15 is 0 Å². The first-order valence-electron chi connectivity index (χ1n) is 7.04. The highest BCUT2D eigenvalue weighted by atomic mass is 15.3. The molecule has 102 valence electrons. The zero-order valence-electron chi connectivity index (χ0n) is 12.1. The molecule has 0 aliphatic carbocycles. The van der Waals surface area contributed by atoms with Crippen LogP contribution in [0.1, 0.15) is 25.0 Å². The van der Waals surface area contributed by atoms with E-state index in [1.54, 1.807) is 0 Å². The number of piperazine rings is 1. The minimum Gasteiger partial charge on any atom is -0.368 e. The van der Waals surface area contributed by atoms with Gasteiger partial charge in [0.05, 0.1) is 0 Å². The van der Waals surface area contributed by atoms with Gasteiger partial charge in [-0.15, -0.1) is 0 Å². The zero-order valence-corrected chi connectivity index (χ0v) is 12.1. The van der Waals surface area contributed by atoms with Gasteiger partial charge in [-0.25, -0.2) is 0 Å². The topological polar surface area (TPSA) is 6.48 Å². The Labute approximate surface area is 117 Å². The van der Waals surface area contributed by atoms with Gasteiger partial charge in [0.2, 0.25) is 0 Å². The van der Waals surface area contributed by atoms with Crippen molar-refractivity contribution >= 4 is 17.8 Å². The lowest BCUT2D eigenvalue weighted by molar-refractivity contribution is 0.209. The summed E-state index contributed by atoms with van der Waals surface area (Å²) in [5, 5.41) is 0.